The second-order valence-corrected chi connectivity index (χ2v) is 4.63. The van der Waals surface area contributed by atoms with Gasteiger partial charge in [0, 0.05) is 6.42 Å². The molecule has 0 fully saturated rings. The highest BCUT2D eigenvalue weighted by Gasteiger charge is 2.11. The van der Waals surface area contributed by atoms with Crippen LogP contribution in [0, 0.1) is 18.6 Å². The minimum atomic E-state index is -0.770. The van der Waals surface area contributed by atoms with Crippen LogP contribution in [-0.4, -0.2) is 5.91 Å². The lowest BCUT2D eigenvalue weighted by atomic mass is 10.1. The van der Waals surface area contributed by atoms with Crippen molar-refractivity contribution in [2.45, 2.75) is 19.8 Å². The number of halogens is 2. The lowest BCUT2D eigenvalue weighted by Crippen LogP contribution is -2.14. The molecule has 0 atom stereocenters. The molecule has 0 unspecified atom stereocenters. The van der Waals surface area contributed by atoms with Gasteiger partial charge in [0.2, 0.25) is 5.91 Å². The second kappa shape index (κ2) is 6.28. The van der Waals surface area contributed by atoms with Crippen LogP contribution in [0.25, 0.3) is 0 Å². The molecule has 2 nitrogen and oxygen atoms in total. The van der Waals surface area contributed by atoms with Crippen LogP contribution < -0.4 is 5.32 Å². The zero-order valence-electron chi connectivity index (χ0n) is 11.1. The first-order chi connectivity index (χ1) is 9.56. The number of amides is 1. The molecule has 0 spiro atoms. The summed E-state index contributed by atoms with van der Waals surface area (Å²) < 4.78 is 26.7. The number of para-hydroxylation sites is 1. The van der Waals surface area contributed by atoms with E-state index in [0.717, 1.165) is 23.3 Å². The third-order valence-electron chi connectivity index (χ3n) is 2.95. The summed E-state index contributed by atoms with van der Waals surface area (Å²) in [4.78, 5) is 11.7. The Morgan fingerprint density at radius 1 is 1.10 bits per heavy atom. The fraction of sp³-hybridized carbons (Fsp3) is 0.188. The fourth-order valence-corrected chi connectivity index (χ4v) is 1.94. The molecule has 4 heteroatoms. The molecule has 2 aromatic rings. The maximum atomic E-state index is 13.4. The fourth-order valence-electron chi connectivity index (χ4n) is 1.94. The lowest BCUT2D eigenvalue weighted by Gasteiger charge is -2.07. The lowest BCUT2D eigenvalue weighted by molar-refractivity contribution is -0.116. The van der Waals surface area contributed by atoms with Gasteiger partial charge in [-0.25, -0.2) is 8.78 Å². The van der Waals surface area contributed by atoms with Crippen LogP contribution in [0.15, 0.2) is 42.5 Å². The predicted octanol–water partition coefficient (Wildman–Crippen LogP) is 3.84. The van der Waals surface area contributed by atoms with E-state index < -0.39 is 17.5 Å². The highest BCUT2D eigenvalue weighted by Crippen LogP contribution is 2.18. The Morgan fingerprint density at radius 3 is 2.40 bits per heavy atom. The van der Waals surface area contributed by atoms with E-state index in [4.69, 9.17) is 0 Å². The Morgan fingerprint density at radius 2 is 1.75 bits per heavy atom. The molecule has 104 valence electrons. The monoisotopic (exact) mass is 275 g/mol. The number of hydrogen-bond acceptors (Lipinski definition) is 1. The zero-order chi connectivity index (χ0) is 14.5. The Kier molecular flexibility index (Phi) is 4.45. The van der Waals surface area contributed by atoms with E-state index in [0.29, 0.717) is 6.42 Å². The highest BCUT2D eigenvalue weighted by molar-refractivity contribution is 5.91. The van der Waals surface area contributed by atoms with Gasteiger partial charge in [0.15, 0.2) is 0 Å². The van der Waals surface area contributed by atoms with Gasteiger partial charge in [-0.3, -0.25) is 4.79 Å². The van der Waals surface area contributed by atoms with Crippen LogP contribution in [-0.2, 0) is 11.2 Å². The third kappa shape index (κ3) is 3.63. The maximum Gasteiger partial charge on any atom is 0.224 e. The number of hydrogen-bond donors (Lipinski definition) is 1. The average molecular weight is 275 g/mol. The number of nitrogens with one attached hydrogen (secondary N) is 1. The number of carbonyl (C=O) groups excluding carboxylic acids is 1. The van der Waals surface area contributed by atoms with Gasteiger partial charge in [-0.05, 0) is 31.0 Å². The van der Waals surface area contributed by atoms with Crippen molar-refractivity contribution in [1.29, 1.82) is 0 Å². The molecule has 0 aliphatic carbocycles. The largest absolute Gasteiger partial charge is 0.321 e. The Hall–Kier alpha value is -2.23. The van der Waals surface area contributed by atoms with Crippen LogP contribution >= 0.6 is 0 Å². The van der Waals surface area contributed by atoms with Crippen molar-refractivity contribution in [2.75, 3.05) is 5.32 Å². The number of aryl methyl sites for hydroxylation is 2. The van der Waals surface area contributed by atoms with Gasteiger partial charge in [0.1, 0.15) is 17.3 Å². The van der Waals surface area contributed by atoms with Crippen molar-refractivity contribution in [3.8, 4) is 0 Å². The minimum absolute atomic E-state index is 0.178. The van der Waals surface area contributed by atoms with Crippen LogP contribution in [0.1, 0.15) is 17.5 Å². The first kappa shape index (κ1) is 14.2. The smallest absolute Gasteiger partial charge is 0.224 e. The summed E-state index contributed by atoms with van der Waals surface area (Å²) in [5.74, 6) is -1.95. The van der Waals surface area contributed by atoms with Crippen LogP contribution in [0.2, 0.25) is 0 Å². The zero-order valence-corrected chi connectivity index (χ0v) is 11.1. The first-order valence-electron chi connectivity index (χ1n) is 6.35. The van der Waals surface area contributed by atoms with E-state index in [1.165, 1.54) is 6.07 Å². The van der Waals surface area contributed by atoms with Gasteiger partial charge in [-0.15, -0.1) is 0 Å². The van der Waals surface area contributed by atoms with E-state index in [2.05, 4.69) is 5.32 Å². The molecule has 1 amide bonds. The Labute approximate surface area is 116 Å². The van der Waals surface area contributed by atoms with Crippen LogP contribution in [0.4, 0.5) is 14.5 Å². The van der Waals surface area contributed by atoms with Crippen molar-refractivity contribution in [1.82, 2.24) is 0 Å². The summed E-state index contributed by atoms with van der Waals surface area (Å²) in [6.07, 6.45) is 0.709. The molecule has 0 radical (unpaired) electrons. The van der Waals surface area contributed by atoms with Crippen LogP contribution in [0.3, 0.4) is 0 Å². The molecule has 2 aromatic carbocycles. The molecule has 2 rings (SSSR count). The SMILES string of the molecule is Cc1cccc(CCC(=O)Nc2c(F)cccc2F)c1. The average Bonchev–Trinajstić information content (AvgIpc) is 2.41. The Balaban J connectivity index is 1.96. The van der Waals surface area contributed by atoms with Gasteiger partial charge in [0.25, 0.3) is 0 Å². The summed E-state index contributed by atoms with van der Waals surface area (Å²) in [7, 11) is 0. The topological polar surface area (TPSA) is 29.1 Å². The number of rotatable bonds is 4. The molecular formula is C16H15F2NO. The minimum Gasteiger partial charge on any atom is -0.321 e. The quantitative estimate of drug-likeness (QED) is 0.902. The standard InChI is InChI=1S/C16H15F2NO/c1-11-4-2-5-12(10-11)8-9-15(20)19-16-13(17)6-3-7-14(16)18/h2-7,10H,8-9H2,1H3,(H,19,20). The molecule has 0 saturated heterocycles. The van der Waals surface area contributed by atoms with E-state index >= 15 is 0 Å². The summed E-state index contributed by atoms with van der Waals surface area (Å²) in [6.45, 7) is 1.97. The molecule has 0 aromatic heterocycles. The van der Waals surface area contributed by atoms with E-state index in [9.17, 15) is 13.6 Å². The summed E-state index contributed by atoms with van der Waals surface area (Å²) >= 11 is 0. The van der Waals surface area contributed by atoms with Crippen molar-refractivity contribution in [2.24, 2.45) is 0 Å². The molecule has 0 heterocycles. The first-order valence-corrected chi connectivity index (χ1v) is 6.35. The molecule has 0 aliphatic rings. The molecule has 20 heavy (non-hydrogen) atoms. The van der Waals surface area contributed by atoms with Crippen molar-refractivity contribution >= 4 is 11.6 Å². The highest BCUT2D eigenvalue weighted by atomic mass is 19.1. The summed E-state index contributed by atoms with van der Waals surface area (Å²) in [5, 5.41) is 2.27. The molecule has 1 N–H and O–H groups in total. The second-order valence-electron chi connectivity index (χ2n) is 4.63. The predicted molar refractivity (Wildman–Crippen MR) is 74.5 cm³/mol. The van der Waals surface area contributed by atoms with Gasteiger partial charge in [-0.1, -0.05) is 35.9 Å². The van der Waals surface area contributed by atoms with Crippen molar-refractivity contribution in [3.05, 3.63) is 65.2 Å². The van der Waals surface area contributed by atoms with Crippen LogP contribution in [0.5, 0.6) is 0 Å². The summed E-state index contributed by atoms with van der Waals surface area (Å²) in [5.41, 5.74) is 1.75. The number of benzene rings is 2. The molecule has 0 saturated carbocycles. The van der Waals surface area contributed by atoms with E-state index in [1.807, 2.05) is 31.2 Å². The van der Waals surface area contributed by atoms with E-state index in [-0.39, 0.29) is 12.1 Å². The molecule has 0 bridgehead atoms. The third-order valence-corrected chi connectivity index (χ3v) is 2.95. The normalized spacial score (nSPS) is 10.3. The van der Waals surface area contributed by atoms with Gasteiger partial charge in [0.05, 0.1) is 0 Å². The number of anilines is 1. The van der Waals surface area contributed by atoms with Gasteiger partial charge in [-0.2, -0.15) is 0 Å². The summed E-state index contributed by atoms with van der Waals surface area (Å²) in [6, 6.07) is 11.3. The van der Waals surface area contributed by atoms with E-state index in [1.54, 1.807) is 0 Å². The number of carbonyl (C=O) groups is 1. The van der Waals surface area contributed by atoms with Crippen molar-refractivity contribution in [3.63, 3.8) is 0 Å². The van der Waals surface area contributed by atoms with Gasteiger partial charge >= 0.3 is 0 Å². The van der Waals surface area contributed by atoms with Gasteiger partial charge < -0.3 is 5.32 Å². The molecular weight excluding hydrogens is 260 g/mol. The van der Waals surface area contributed by atoms with Crippen molar-refractivity contribution < 1.29 is 13.6 Å². The molecule has 0 aliphatic heterocycles. The Bertz CT molecular complexity index is 605. The maximum absolute atomic E-state index is 13.4.